The molecule has 2 aromatic rings. The number of rotatable bonds is 5. The van der Waals surface area contributed by atoms with Gasteiger partial charge in [-0.05, 0) is 36.8 Å². The zero-order chi connectivity index (χ0) is 16.8. The Morgan fingerprint density at radius 3 is 2.65 bits per heavy atom. The number of carbonyl (C=O) groups excluding carboxylic acids is 2. The maximum absolute atomic E-state index is 13.7. The van der Waals surface area contributed by atoms with Crippen LogP contribution in [0.2, 0.25) is 5.02 Å². The van der Waals surface area contributed by atoms with Crippen molar-refractivity contribution in [3.8, 4) is 0 Å². The molecule has 23 heavy (non-hydrogen) atoms. The van der Waals surface area contributed by atoms with E-state index in [2.05, 4.69) is 5.32 Å². The Bertz CT molecular complexity index is 713. The van der Waals surface area contributed by atoms with E-state index in [1.807, 2.05) is 6.92 Å². The van der Waals surface area contributed by atoms with Crippen molar-refractivity contribution < 1.29 is 18.7 Å². The molecule has 0 aliphatic heterocycles. The highest BCUT2D eigenvalue weighted by Crippen LogP contribution is 2.21. The minimum absolute atomic E-state index is 0.0148. The molecule has 2 aromatic carbocycles. The molecule has 0 aliphatic rings. The van der Waals surface area contributed by atoms with Gasteiger partial charge in [-0.15, -0.1) is 0 Å². The number of ether oxygens (including phenoxy) is 1. The Morgan fingerprint density at radius 1 is 1.22 bits per heavy atom. The van der Waals surface area contributed by atoms with Gasteiger partial charge in [0.15, 0.2) is 0 Å². The first-order chi connectivity index (χ1) is 11.0. The summed E-state index contributed by atoms with van der Waals surface area (Å²) < 4.78 is 18.8. The van der Waals surface area contributed by atoms with Gasteiger partial charge in [0.05, 0.1) is 22.8 Å². The Kier molecular flexibility index (Phi) is 5.71. The predicted octanol–water partition coefficient (Wildman–Crippen LogP) is 4.30. The first-order valence-corrected chi connectivity index (χ1v) is 7.43. The lowest BCUT2D eigenvalue weighted by atomic mass is 10.1. The zero-order valence-electron chi connectivity index (χ0n) is 12.4. The van der Waals surface area contributed by atoms with Crippen molar-refractivity contribution in [1.29, 1.82) is 0 Å². The van der Waals surface area contributed by atoms with Crippen molar-refractivity contribution in [2.45, 2.75) is 13.3 Å². The third kappa shape index (κ3) is 4.29. The van der Waals surface area contributed by atoms with Crippen molar-refractivity contribution >= 4 is 29.2 Å². The molecular formula is C17H15ClFNO3. The second kappa shape index (κ2) is 7.74. The average molecular weight is 336 g/mol. The zero-order valence-corrected chi connectivity index (χ0v) is 13.2. The van der Waals surface area contributed by atoms with E-state index in [-0.39, 0.29) is 10.6 Å². The molecular weight excluding hydrogens is 321 g/mol. The molecule has 2 rings (SSSR count). The summed E-state index contributed by atoms with van der Waals surface area (Å²) in [6, 6.07) is 10.2. The van der Waals surface area contributed by atoms with Gasteiger partial charge < -0.3 is 10.1 Å². The number of anilines is 1. The molecule has 4 nitrogen and oxygen atoms in total. The van der Waals surface area contributed by atoms with E-state index >= 15 is 0 Å². The maximum Gasteiger partial charge on any atom is 0.338 e. The lowest BCUT2D eigenvalue weighted by Gasteiger charge is -2.09. The molecule has 1 N–H and O–H groups in total. The SMILES string of the molecule is CCCOC(=O)c1cccc(NC(=O)c2c(F)cccc2Cl)c1. The molecule has 1 amide bonds. The molecule has 6 heteroatoms. The smallest absolute Gasteiger partial charge is 0.338 e. The van der Waals surface area contributed by atoms with Crippen molar-refractivity contribution in [3.63, 3.8) is 0 Å². The Labute approximate surface area is 138 Å². The highest BCUT2D eigenvalue weighted by Gasteiger charge is 2.16. The maximum atomic E-state index is 13.7. The van der Waals surface area contributed by atoms with E-state index in [1.54, 1.807) is 18.2 Å². The van der Waals surface area contributed by atoms with Crippen molar-refractivity contribution in [2.24, 2.45) is 0 Å². The number of benzene rings is 2. The summed E-state index contributed by atoms with van der Waals surface area (Å²) in [7, 11) is 0. The van der Waals surface area contributed by atoms with E-state index < -0.39 is 17.7 Å². The van der Waals surface area contributed by atoms with Crippen LogP contribution in [-0.2, 0) is 4.74 Å². The summed E-state index contributed by atoms with van der Waals surface area (Å²) in [5.41, 5.74) is 0.407. The van der Waals surface area contributed by atoms with Gasteiger partial charge in [0, 0.05) is 5.69 Å². The molecule has 0 bridgehead atoms. The molecule has 120 valence electrons. The summed E-state index contributed by atoms with van der Waals surface area (Å²) in [6.45, 7) is 2.21. The van der Waals surface area contributed by atoms with Crippen molar-refractivity contribution in [2.75, 3.05) is 11.9 Å². The van der Waals surface area contributed by atoms with E-state index in [0.29, 0.717) is 24.3 Å². The van der Waals surface area contributed by atoms with E-state index in [1.165, 1.54) is 18.2 Å². The van der Waals surface area contributed by atoms with Crippen LogP contribution >= 0.6 is 11.6 Å². The second-order valence-corrected chi connectivity index (χ2v) is 5.17. The van der Waals surface area contributed by atoms with Gasteiger partial charge in [-0.25, -0.2) is 9.18 Å². The number of hydrogen-bond acceptors (Lipinski definition) is 3. The average Bonchev–Trinajstić information content (AvgIpc) is 2.52. The molecule has 0 atom stereocenters. The van der Waals surface area contributed by atoms with Gasteiger partial charge in [0.1, 0.15) is 5.82 Å². The fourth-order valence-corrected chi connectivity index (χ4v) is 2.16. The largest absolute Gasteiger partial charge is 0.462 e. The van der Waals surface area contributed by atoms with E-state index in [0.717, 1.165) is 6.07 Å². The van der Waals surface area contributed by atoms with Crippen molar-refractivity contribution in [3.05, 3.63) is 64.4 Å². The van der Waals surface area contributed by atoms with Gasteiger partial charge >= 0.3 is 5.97 Å². The molecule has 0 spiro atoms. The molecule has 0 aliphatic carbocycles. The Hall–Kier alpha value is -2.40. The van der Waals surface area contributed by atoms with Gasteiger partial charge in [-0.1, -0.05) is 30.7 Å². The highest BCUT2D eigenvalue weighted by molar-refractivity contribution is 6.34. The van der Waals surface area contributed by atoms with Crippen LogP contribution in [0, 0.1) is 5.82 Å². The van der Waals surface area contributed by atoms with E-state index in [4.69, 9.17) is 16.3 Å². The highest BCUT2D eigenvalue weighted by atomic mass is 35.5. The van der Waals surface area contributed by atoms with Gasteiger partial charge in [-0.2, -0.15) is 0 Å². The topological polar surface area (TPSA) is 55.4 Å². The summed E-state index contributed by atoms with van der Waals surface area (Å²) in [6.07, 6.45) is 0.716. The Balaban J connectivity index is 2.17. The van der Waals surface area contributed by atoms with Crippen LogP contribution in [0.4, 0.5) is 10.1 Å². The minimum atomic E-state index is -0.714. The number of carbonyl (C=O) groups is 2. The minimum Gasteiger partial charge on any atom is -0.462 e. The van der Waals surface area contributed by atoms with E-state index in [9.17, 15) is 14.0 Å². The predicted molar refractivity (Wildman–Crippen MR) is 86.4 cm³/mol. The molecule has 0 heterocycles. The third-order valence-electron chi connectivity index (χ3n) is 2.98. The molecule has 0 radical (unpaired) electrons. The van der Waals surface area contributed by atoms with Crippen LogP contribution in [-0.4, -0.2) is 18.5 Å². The summed E-state index contributed by atoms with van der Waals surface area (Å²) in [4.78, 5) is 24.0. The summed E-state index contributed by atoms with van der Waals surface area (Å²) >= 11 is 5.85. The quantitative estimate of drug-likeness (QED) is 0.829. The molecule has 0 fully saturated rings. The number of hydrogen-bond donors (Lipinski definition) is 1. The number of halogens is 2. The number of amides is 1. The third-order valence-corrected chi connectivity index (χ3v) is 3.30. The standard InChI is InChI=1S/C17H15ClFNO3/c1-2-9-23-17(22)11-5-3-6-12(10-11)20-16(21)15-13(18)7-4-8-14(15)19/h3-8,10H,2,9H2,1H3,(H,20,21). The fraction of sp³-hybridized carbons (Fsp3) is 0.176. The van der Waals surface area contributed by atoms with Gasteiger partial charge in [-0.3, -0.25) is 4.79 Å². The fourth-order valence-electron chi connectivity index (χ4n) is 1.91. The summed E-state index contributed by atoms with van der Waals surface area (Å²) in [5.74, 6) is -1.88. The monoisotopic (exact) mass is 335 g/mol. The van der Waals surface area contributed by atoms with Crippen molar-refractivity contribution in [1.82, 2.24) is 0 Å². The lowest BCUT2D eigenvalue weighted by molar-refractivity contribution is 0.0505. The van der Waals surface area contributed by atoms with Crippen LogP contribution in [0.3, 0.4) is 0 Å². The van der Waals surface area contributed by atoms with Gasteiger partial charge in [0.25, 0.3) is 5.91 Å². The number of esters is 1. The van der Waals surface area contributed by atoms with Crippen LogP contribution in [0.5, 0.6) is 0 Å². The molecule has 0 aromatic heterocycles. The Morgan fingerprint density at radius 2 is 1.96 bits per heavy atom. The second-order valence-electron chi connectivity index (χ2n) is 4.77. The first kappa shape index (κ1) is 17.0. The van der Waals surface area contributed by atoms with Crippen LogP contribution in [0.1, 0.15) is 34.1 Å². The summed E-state index contributed by atoms with van der Waals surface area (Å²) in [5, 5.41) is 2.53. The normalized spacial score (nSPS) is 10.2. The van der Waals surface area contributed by atoms with Crippen LogP contribution in [0.15, 0.2) is 42.5 Å². The first-order valence-electron chi connectivity index (χ1n) is 7.05. The molecule has 0 saturated carbocycles. The number of nitrogens with one attached hydrogen (secondary N) is 1. The van der Waals surface area contributed by atoms with Crippen LogP contribution in [0.25, 0.3) is 0 Å². The van der Waals surface area contributed by atoms with Gasteiger partial charge in [0.2, 0.25) is 0 Å². The van der Waals surface area contributed by atoms with Crippen LogP contribution < -0.4 is 5.32 Å². The molecule has 0 unspecified atom stereocenters. The molecule has 0 saturated heterocycles. The lowest BCUT2D eigenvalue weighted by Crippen LogP contribution is -2.15.